The molecule has 62 heavy (non-hydrogen) atoms. The molecule has 4 fully saturated rings. The number of nitrogens with two attached hydrogens (primary N) is 1. The molecule has 4 aliphatic rings. The average molecular weight is 912 g/mol. The molecule has 28 nitrogen and oxygen atoms in total. The molecule has 0 aromatic rings. The van der Waals surface area contributed by atoms with Crippen molar-refractivity contribution in [3.8, 4) is 0 Å². The Balaban J connectivity index is 1.61. The SMILES string of the molecule is CC(=O)N[C@H]1[C@@H](O[C@H]2[C@@H](O)[C@@H](CO)O[C@@H](O[C@H]3[C@@H](O)[C@@H](CO)O[C@H](O[C@@H]4[C@H](O)[C@@H](O)[C@H](O[C@@H]([C@H](O)[C@@H](N)CO)[C@H](O)CO)O[C@@H]4CO)[C@@H]3O)[C@@H]2NC(C)=O)O[C@H](CO)[C@H](O)[C@@H]1O. The molecule has 0 unspecified atom stereocenters. The zero-order valence-corrected chi connectivity index (χ0v) is 33.5. The fourth-order valence-corrected chi connectivity index (χ4v) is 7.45. The van der Waals surface area contributed by atoms with Gasteiger partial charge in [-0.25, -0.2) is 0 Å². The maximum Gasteiger partial charge on any atom is 0.217 e. The summed E-state index contributed by atoms with van der Waals surface area (Å²) >= 11 is 0. The average Bonchev–Trinajstić information content (AvgIpc) is 3.24. The lowest BCUT2D eigenvalue weighted by atomic mass is 9.93. The van der Waals surface area contributed by atoms with Gasteiger partial charge in [0, 0.05) is 13.8 Å². The van der Waals surface area contributed by atoms with Gasteiger partial charge in [0.2, 0.25) is 11.8 Å². The monoisotopic (exact) mass is 911 g/mol. The first-order chi connectivity index (χ1) is 29.3. The van der Waals surface area contributed by atoms with Gasteiger partial charge >= 0.3 is 0 Å². The van der Waals surface area contributed by atoms with Crippen molar-refractivity contribution in [3.05, 3.63) is 0 Å². The molecular weight excluding hydrogens is 850 g/mol. The Morgan fingerprint density at radius 3 is 1.50 bits per heavy atom. The number of carbonyl (C=O) groups is 2. The van der Waals surface area contributed by atoms with Gasteiger partial charge in [-0.3, -0.25) is 9.59 Å². The number of nitrogens with one attached hydrogen (secondary N) is 2. The highest BCUT2D eigenvalue weighted by molar-refractivity contribution is 5.73. The number of aliphatic hydroxyl groups is 15. The Morgan fingerprint density at radius 1 is 0.532 bits per heavy atom. The fraction of sp³-hybridized carbons (Fsp3) is 0.941. The van der Waals surface area contributed by atoms with Gasteiger partial charge in [-0.15, -0.1) is 0 Å². The highest BCUT2D eigenvalue weighted by Crippen LogP contribution is 2.35. The maximum atomic E-state index is 12.6. The first-order valence-electron chi connectivity index (χ1n) is 19.6. The number of hydrogen-bond acceptors (Lipinski definition) is 26. The summed E-state index contributed by atoms with van der Waals surface area (Å²) in [4.78, 5) is 24.6. The first kappa shape index (κ1) is 52.6. The molecule has 0 saturated carbocycles. The van der Waals surface area contributed by atoms with E-state index in [0.717, 1.165) is 13.8 Å². The molecule has 0 spiro atoms. The number of hydrogen-bond donors (Lipinski definition) is 18. The Morgan fingerprint density at radius 2 is 0.984 bits per heavy atom. The second-order valence-electron chi connectivity index (χ2n) is 15.3. The van der Waals surface area contributed by atoms with Crippen LogP contribution in [0, 0.1) is 0 Å². The molecule has 24 atom stereocenters. The largest absolute Gasteiger partial charge is 0.395 e. The van der Waals surface area contributed by atoms with E-state index in [9.17, 15) is 86.2 Å². The predicted molar refractivity (Wildman–Crippen MR) is 194 cm³/mol. The van der Waals surface area contributed by atoms with Crippen molar-refractivity contribution >= 4 is 11.8 Å². The molecule has 0 aromatic heterocycles. The molecular formula is C34H61N3O25. The van der Waals surface area contributed by atoms with Gasteiger partial charge < -0.3 is 131 Å². The Hall–Kier alpha value is -2.02. The lowest BCUT2D eigenvalue weighted by Gasteiger charge is -2.50. The fourth-order valence-electron chi connectivity index (χ4n) is 7.45. The Bertz CT molecular complexity index is 1390. The first-order valence-corrected chi connectivity index (χ1v) is 19.6. The molecule has 28 heteroatoms. The van der Waals surface area contributed by atoms with Crippen molar-refractivity contribution in [3.63, 3.8) is 0 Å². The summed E-state index contributed by atoms with van der Waals surface area (Å²) in [7, 11) is 0. The highest BCUT2D eigenvalue weighted by Gasteiger charge is 2.56. The van der Waals surface area contributed by atoms with Gasteiger partial charge in [-0.05, 0) is 0 Å². The number of rotatable bonds is 19. The van der Waals surface area contributed by atoms with Crippen LogP contribution in [0.15, 0.2) is 0 Å². The van der Waals surface area contributed by atoms with Gasteiger partial charge in [0.25, 0.3) is 0 Å². The van der Waals surface area contributed by atoms with Crippen LogP contribution >= 0.6 is 0 Å². The number of carbonyl (C=O) groups excluding carboxylic acids is 2. The predicted octanol–water partition coefficient (Wildman–Crippen LogP) is -12.0. The van der Waals surface area contributed by atoms with Gasteiger partial charge in [-0.2, -0.15) is 0 Å². The van der Waals surface area contributed by atoms with Crippen molar-refractivity contribution in [2.75, 3.05) is 39.6 Å². The summed E-state index contributed by atoms with van der Waals surface area (Å²) in [5, 5.41) is 162. The number of ether oxygens (including phenoxy) is 8. The van der Waals surface area contributed by atoms with E-state index in [0.29, 0.717) is 0 Å². The lowest BCUT2D eigenvalue weighted by molar-refractivity contribution is -0.382. The minimum Gasteiger partial charge on any atom is -0.395 e. The summed E-state index contributed by atoms with van der Waals surface area (Å²) in [5.41, 5.74) is 5.64. The van der Waals surface area contributed by atoms with Crippen LogP contribution in [-0.4, -0.2) is 275 Å². The van der Waals surface area contributed by atoms with Crippen LogP contribution in [0.2, 0.25) is 0 Å². The smallest absolute Gasteiger partial charge is 0.217 e. The molecule has 0 radical (unpaired) electrons. The van der Waals surface area contributed by atoms with E-state index >= 15 is 0 Å². The second kappa shape index (κ2) is 23.4. The van der Waals surface area contributed by atoms with E-state index in [1.807, 2.05) is 0 Å². The van der Waals surface area contributed by atoms with E-state index in [4.69, 9.17) is 43.6 Å². The van der Waals surface area contributed by atoms with Crippen LogP contribution in [0.1, 0.15) is 13.8 Å². The standard InChI is InChI=1S/C34H61N3O25/c1-9(44)36-17-23(51)20(48)13(5-40)55-31(17)61-29-18(37-10(2)45)32(56-14(6-41)21(29)49)62-30-22(50)15(7-42)57-34(26(30)54)60-28-16(8-43)58-33(25(53)24(28)52)59-27(12(46)4-39)19(47)11(35)3-38/h11-34,38-43,46-54H,3-8,35H2,1-2H3,(H,36,44)(H,37,45)/t11-,12+,13+,14+,15+,16+,17+,18+,19+,20-,21-,22-,23+,24+,25+,26+,27+,28-,29+,30-,31+,32-,33-,34+/m0/s1. The molecule has 0 bridgehead atoms. The molecule has 4 rings (SSSR count). The lowest BCUT2D eigenvalue weighted by Crippen LogP contribution is -2.71. The third-order valence-corrected chi connectivity index (χ3v) is 10.8. The van der Waals surface area contributed by atoms with E-state index in [2.05, 4.69) is 10.6 Å². The second-order valence-corrected chi connectivity index (χ2v) is 15.3. The molecule has 4 aliphatic heterocycles. The number of aliphatic hydroxyl groups excluding tert-OH is 15. The highest BCUT2D eigenvalue weighted by atomic mass is 16.8. The molecule has 4 heterocycles. The zero-order chi connectivity index (χ0) is 46.3. The minimum absolute atomic E-state index is 0.731. The minimum atomic E-state index is -2.17. The third-order valence-electron chi connectivity index (χ3n) is 10.8. The van der Waals surface area contributed by atoms with E-state index in [1.165, 1.54) is 0 Å². The quantitative estimate of drug-likeness (QED) is 0.0572. The molecule has 362 valence electrons. The van der Waals surface area contributed by atoms with Crippen molar-refractivity contribution in [1.29, 1.82) is 0 Å². The van der Waals surface area contributed by atoms with E-state index in [1.54, 1.807) is 0 Å². The summed E-state index contributed by atoms with van der Waals surface area (Å²) in [5.74, 6) is -1.54. The van der Waals surface area contributed by atoms with Crippen LogP contribution in [0.5, 0.6) is 0 Å². The summed E-state index contributed by atoms with van der Waals surface area (Å²) in [6, 6.07) is -4.66. The molecule has 2 amide bonds. The number of amides is 2. The topological polar surface area (TPSA) is 462 Å². The molecule has 19 N–H and O–H groups in total. The van der Waals surface area contributed by atoms with E-state index < -0.39 is 199 Å². The van der Waals surface area contributed by atoms with Gasteiger partial charge in [-0.1, -0.05) is 0 Å². The molecule has 0 aliphatic carbocycles. The van der Waals surface area contributed by atoms with Crippen molar-refractivity contribution in [2.45, 2.75) is 161 Å². The Labute approximate surface area is 352 Å². The van der Waals surface area contributed by atoms with Crippen LogP contribution in [0.3, 0.4) is 0 Å². The Kier molecular flexibility index (Phi) is 19.9. The summed E-state index contributed by atoms with van der Waals surface area (Å²) in [6.45, 7) is -3.51. The van der Waals surface area contributed by atoms with Crippen molar-refractivity contribution < 1.29 is 124 Å². The van der Waals surface area contributed by atoms with Crippen molar-refractivity contribution in [2.24, 2.45) is 5.73 Å². The van der Waals surface area contributed by atoms with Crippen molar-refractivity contribution in [1.82, 2.24) is 10.6 Å². The van der Waals surface area contributed by atoms with Gasteiger partial charge in [0.05, 0.1) is 45.7 Å². The molecule has 4 saturated heterocycles. The van der Waals surface area contributed by atoms with Crippen LogP contribution in [0.4, 0.5) is 0 Å². The maximum absolute atomic E-state index is 12.6. The normalized spacial score (nSPS) is 43.6. The summed E-state index contributed by atoms with van der Waals surface area (Å²) < 4.78 is 45.6. The van der Waals surface area contributed by atoms with Gasteiger partial charge in [0.1, 0.15) is 116 Å². The van der Waals surface area contributed by atoms with E-state index in [-0.39, 0.29) is 0 Å². The van der Waals surface area contributed by atoms with Gasteiger partial charge in [0.15, 0.2) is 25.2 Å². The van der Waals surface area contributed by atoms with Crippen LogP contribution < -0.4 is 16.4 Å². The van der Waals surface area contributed by atoms with Crippen LogP contribution in [-0.2, 0) is 47.5 Å². The third kappa shape index (κ3) is 11.9. The summed E-state index contributed by atoms with van der Waals surface area (Å²) in [6.07, 6.45) is -39.1. The van der Waals surface area contributed by atoms with Crippen LogP contribution in [0.25, 0.3) is 0 Å². The zero-order valence-electron chi connectivity index (χ0n) is 33.5. The molecule has 0 aromatic carbocycles.